The Morgan fingerprint density at radius 3 is 1.90 bits per heavy atom. The maximum atomic E-state index is 10.9. The quantitative estimate of drug-likeness (QED) is 0.870. The molecule has 1 aliphatic rings. The molecule has 1 nitrogen and oxygen atoms in total. The van der Waals surface area contributed by atoms with Crippen LogP contribution in [0.5, 0.6) is 0 Å². The van der Waals surface area contributed by atoms with Crippen LogP contribution in [0.3, 0.4) is 0 Å². The molecule has 1 heteroatoms. The summed E-state index contributed by atoms with van der Waals surface area (Å²) in [7, 11) is 0. The number of hydrogen-bond donors (Lipinski definition) is 1. The van der Waals surface area contributed by atoms with Gasteiger partial charge in [-0.3, -0.25) is 0 Å². The van der Waals surface area contributed by atoms with Crippen LogP contribution in [0.15, 0.2) is 60.7 Å². The van der Waals surface area contributed by atoms with Crippen LogP contribution in [0.4, 0.5) is 0 Å². The minimum absolute atomic E-state index is 0.205. The summed E-state index contributed by atoms with van der Waals surface area (Å²) in [5.41, 5.74) is 1.85. The summed E-state index contributed by atoms with van der Waals surface area (Å²) >= 11 is 0. The maximum Gasteiger partial charge on any atom is 0.0660 e. The molecule has 1 saturated carbocycles. The summed E-state index contributed by atoms with van der Waals surface area (Å²) < 4.78 is 0. The highest BCUT2D eigenvalue weighted by molar-refractivity contribution is 5.47. The van der Waals surface area contributed by atoms with Crippen molar-refractivity contribution in [1.82, 2.24) is 0 Å². The molecule has 0 spiro atoms. The molecule has 1 radical (unpaired) electrons. The third kappa shape index (κ3) is 3.03. The normalized spacial score (nSPS) is 26.0. The Balaban J connectivity index is 2.04. The molecule has 0 heterocycles. The second-order valence-corrected chi connectivity index (χ2v) is 6.30. The van der Waals surface area contributed by atoms with Crippen molar-refractivity contribution in [2.24, 2.45) is 5.92 Å². The predicted octanol–water partition coefficient (Wildman–Crippen LogP) is 4.60. The van der Waals surface area contributed by atoms with Crippen molar-refractivity contribution in [2.75, 3.05) is 0 Å². The first-order valence-corrected chi connectivity index (χ1v) is 7.88. The molecule has 2 aromatic carbocycles. The van der Waals surface area contributed by atoms with Gasteiger partial charge in [-0.05, 0) is 30.9 Å². The van der Waals surface area contributed by atoms with Gasteiger partial charge in [-0.1, -0.05) is 73.5 Å². The Bertz CT molecular complexity index is 519. The average molecular weight is 279 g/mol. The molecule has 0 amide bonds. The van der Waals surface area contributed by atoms with Gasteiger partial charge in [0.2, 0.25) is 0 Å². The Kier molecular flexibility index (Phi) is 4.12. The van der Waals surface area contributed by atoms with E-state index >= 15 is 0 Å². The van der Waals surface area contributed by atoms with Gasteiger partial charge in [0.05, 0.1) is 5.60 Å². The van der Waals surface area contributed by atoms with Crippen molar-refractivity contribution >= 4 is 0 Å². The summed E-state index contributed by atoms with van der Waals surface area (Å²) in [6.45, 7) is 2.00. The minimum Gasteiger partial charge on any atom is -0.390 e. The SMILES string of the molecule is CC1(O)CCCCC1[C](c1ccccc1)c1ccccc1. The highest BCUT2D eigenvalue weighted by atomic mass is 16.3. The second-order valence-electron chi connectivity index (χ2n) is 6.30. The van der Waals surface area contributed by atoms with E-state index in [0.29, 0.717) is 0 Å². The van der Waals surface area contributed by atoms with Crippen molar-refractivity contribution in [3.8, 4) is 0 Å². The largest absolute Gasteiger partial charge is 0.390 e. The van der Waals surface area contributed by atoms with Gasteiger partial charge in [-0.25, -0.2) is 0 Å². The van der Waals surface area contributed by atoms with Gasteiger partial charge in [0, 0.05) is 11.8 Å². The summed E-state index contributed by atoms with van der Waals surface area (Å²) in [5, 5.41) is 10.9. The van der Waals surface area contributed by atoms with Crippen LogP contribution < -0.4 is 0 Å². The van der Waals surface area contributed by atoms with E-state index in [-0.39, 0.29) is 5.92 Å². The van der Waals surface area contributed by atoms with Crippen LogP contribution in [0.1, 0.15) is 43.7 Å². The number of rotatable bonds is 3. The lowest BCUT2D eigenvalue weighted by atomic mass is 9.66. The molecule has 2 atom stereocenters. The van der Waals surface area contributed by atoms with Gasteiger partial charge >= 0.3 is 0 Å². The fourth-order valence-corrected chi connectivity index (χ4v) is 3.58. The molecule has 0 aromatic heterocycles. The Morgan fingerprint density at radius 2 is 1.43 bits per heavy atom. The molecular formula is C20H23O. The molecule has 2 aromatic rings. The lowest BCUT2D eigenvalue weighted by Crippen LogP contribution is -2.41. The third-order valence-corrected chi connectivity index (χ3v) is 4.69. The van der Waals surface area contributed by atoms with Crippen LogP contribution in [-0.4, -0.2) is 10.7 Å². The summed E-state index contributed by atoms with van der Waals surface area (Å²) in [6.07, 6.45) is 4.28. The lowest BCUT2D eigenvalue weighted by molar-refractivity contribution is -0.0220. The van der Waals surface area contributed by atoms with Gasteiger partial charge in [0.25, 0.3) is 0 Å². The van der Waals surface area contributed by atoms with Crippen molar-refractivity contribution in [3.05, 3.63) is 77.7 Å². The molecule has 0 bridgehead atoms. The number of benzene rings is 2. The standard InChI is InChI=1S/C20H23O/c1-20(21)15-9-8-14-18(20)19(16-10-4-2-5-11-16)17-12-6-3-7-13-17/h2-7,10-13,18,21H,8-9,14-15H2,1H3. The van der Waals surface area contributed by atoms with E-state index in [1.807, 2.05) is 19.1 Å². The molecular weight excluding hydrogens is 256 g/mol. The van der Waals surface area contributed by atoms with Gasteiger partial charge < -0.3 is 5.11 Å². The highest BCUT2D eigenvalue weighted by Crippen LogP contribution is 2.44. The van der Waals surface area contributed by atoms with Crippen LogP contribution in [0.25, 0.3) is 0 Å². The maximum absolute atomic E-state index is 10.9. The first-order chi connectivity index (χ1) is 10.2. The Morgan fingerprint density at radius 1 is 0.905 bits per heavy atom. The molecule has 109 valence electrons. The predicted molar refractivity (Wildman–Crippen MR) is 86.9 cm³/mol. The van der Waals surface area contributed by atoms with Crippen LogP contribution in [0, 0.1) is 11.8 Å². The van der Waals surface area contributed by atoms with Crippen molar-refractivity contribution in [1.29, 1.82) is 0 Å². The zero-order chi connectivity index (χ0) is 14.7. The molecule has 3 rings (SSSR count). The fourth-order valence-electron chi connectivity index (χ4n) is 3.58. The number of aliphatic hydroxyl groups is 1. The van der Waals surface area contributed by atoms with E-state index in [1.54, 1.807) is 0 Å². The van der Waals surface area contributed by atoms with E-state index < -0.39 is 5.60 Å². The first kappa shape index (κ1) is 14.3. The van der Waals surface area contributed by atoms with Crippen LogP contribution in [0.2, 0.25) is 0 Å². The summed E-state index contributed by atoms with van der Waals surface area (Å²) in [5.74, 6) is 1.50. The van der Waals surface area contributed by atoms with Gasteiger partial charge in [-0.2, -0.15) is 0 Å². The molecule has 0 aliphatic heterocycles. The van der Waals surface area contributed by atoms with Crippen molar-refractivity contribution < 1.29 is 5.11 Å². The average Bonchev–Trinajstić information content (AvgIpc) is 2.51. The number of hydrogen-bond acceptors (Lipinski definition) is 1. The minimum atomic E-state index is -0.612. The molecule has 1 aliphatic carbocycles. The zero-order valence-corrected chi connectivity index (χ0v) is 12.6. The zero-order valence-electron chi connectivity index (χ0n) is 12.6. The first-order valence-electron chi connectivity index (χ1n) is 7.88. The molecule has 21 heavy (non-hydrogen) atoms. The summed E-state index contributed by atoms with van der Waals surface area (Å²) in [4.78, 5) is 0. The smallest absolute Gasteiger partial charge is 0.0660 e. The van der Waals surface area contributed by atoms with E-state index in [1.165, 1.54) is 23.5 Å². The van der Waals surface area contributed by atoms with Crippen LogP contribution >= 0.6 is 0 Å². The second kappa shape index (κ2) is 6.03. The Hall–Kier alpha value is -1.60. The molecule has 2 unspecified atom stereocenters. The van der Waals surface area contributed by atoms with E-state index in [4.69, 9.17) is 0 Å². The van der Waals surface area contributed by atoms with Gasteiger partial charge in [-0.15, -0.1) is 0 Å². The molecule has 0 saturated heterocycles. The summed E-state index contributed by atoms with van der Waals surface area (Å²) in [6, 6.07) is 21.0. The topological polar surface area (TPSA) is 20.2 Å². The monoisotopic (exact) mass is 279 g/mol. The Labute approximate surface area is 127 Å². The van der Waals surface area contributed by atoms with E-state index in [0.717, 1.165) is 19.3 Å². The highest BCUT2D eigenvalue weighted by Gasteiger charge is 2.41. The van der Waals surface area contributed by atoms with E-state index in [2.05, 4.69) is 48.5 Å². The van der Waals surface area contributed by atoms with E-state index in [9.17, 15) is 5.11 Å². The fraction of sp³-hybridized carbons (Fsp3) is 0.350. The molecule has 1 fully saturated rings. The van der Waals surface area contributed by atoms with Gasteiger partial charge in [0.15, 0.2) is 0 Å². The third-order valence-electron chi connectivity index (χ3n) is 4.69. The lowest BCUT2D eigenvalue weighted by Gasteiger charge is -2.42. The molecule has 1 N–H and O–H groups in total. The van der Waals surface area contributed by atoms with Crippen molar-refractivity contribution in [3.63, 3.8) is 0 Å². The van der Waals surface area contributed by atoms with Crippen LogP contribution in [-0.2, 0) is 0 Å². The van der Waals surface area contributed by atoms with Gasteiger partial charge in [0.1, 0.15) is 0 Å². The van der Waals surface area contributed by atoms with Crippen molar-refractivity contribution in [2.45, 2.75) is 38.2 Å².